The summed E-state index contributed by atoms with van der Waals surface area (Å²) in [6, 6.07) is 14.7. The topological polar surface area (TPSA) is 47.3 Å². The van der Waals surface area contributed by atoms with Crippen molar-refractivity contribution in [2.75, 3.05) is 19.0 Å². The van der Waals surface area contributed by atoms with Crippen molar-refractivity contribution < 1.29 is 4.74 Å². The van der Waals surface area contributed by atoms with Gasteiger partial charge in [0.2, 0.25) is 0 Å². The molecular formula is C17H21BrN2O. The number of halogens is 1. The molecule has 112 valence electrons. The molecule has 1 unspecified atom stereocenters. The molecule has 0 aliphatic carbocycles. The standard InChI is InChI=1S/C17H21BrN2O/c1-12-7-15(18)9-16(8-12)20-17(10-19)14-5-3-13(4-6-14)11-21-2/h3-9,17,20H,10-11,19H2,1-2H3. The number of hydrogen-bond acceptors (Lipinski definition) is 3. The summed E-state index contributed by atoms with van der Waals surface area (Å²) in [6.45, 7) is 3.24. The van der Waals surface area contributed by atoms with E-state index in [0.29, 0.717) is 13.2 Å². The number of ether oxygens (including phenoxy) is 1. The van der Waals surface area contributed by atoms with Crippen LogP contribution in [0.25, 0.3) is 0 Å². The van der Waals surface area contributed by atoms with E-state index >= 15 is 0 Å². The maximum absolute atomic E-state index is 5.93. The van der Waals surface area contributed by atoms with E-state index < -0.39 is 0 Å². The number of methoxy groups -OCH3 is 1. The van der Waals surface area contributed by atoms with Gasteiger partial charge in [-0.15, -0.1) is 0 Å². The fraction of sp³-hybridized carbons (Fsp3) is 0.294. The lowest BCUT2D eigenvalue weighted by Gasteiger charge is -2.19. The summed E-state index contributed by atoms with van der Waals surface area (Å²) in [6.07, 6.45) is 0. The zero-order chi connectivity index (χ0) is 15.2. The van der Waals surface area contributed by atoms with Gasteiger partial charge < -0.3 is 15.8 Å². The fourth-order valence-corrected chi connectivity index (χ4v) is 2.92. The Balaban J connectivity index is 2.15. The van der Waals surface area contributed by atoms with E-state index in [9.17, 15) is 0 Å². The quantitative estimate of drug-likeness (QED) is 0.828. The normalized spacial score (nSPS) is 12.2. The molecule has 0 radical (unpaired) electrons. The third kappa shape index (κ3) is 4.56. The summed E-state index contributed by atoms with van der Waals surface area (Å²) < 4.78 is 6.20. The molecule has 4 heteroatoms. The van der Waals surface area contributed by atoms with Crippen molar-refractivity contribution in [2.45, 2.75) is 19.6 Å². The summed E-state index contributed by atoms with van der Waals surface area (Å²) in [7, 11) is 1.70. The van der Waals surface area contributed by atoms with Crippen molar-refractivity contribution >= 4 is 21.6 Å². The number of rotatable bonds is 6. The molecule has 0 saturated heterocycles. The third-order valence-corrected chi connectivity index (χ3v) is 3.77. The largest absolute Gasteiger partial charge is 0.380 e. The lowest BCUT2D eigenvalue weighted by atomic mass is 10.0. The first-order valence-electron chi connectivity index (χ1n) is 6.94. The van der Waals surface area contributed by atoms with Crippen molar-refractivity contribution in [3.63, 3.8) is 0 Å². The molecule has 0 fully saturated rings. The molecule has 2 aromatic carbocycles. The second-order valence-electron chi connectivity index (χ2n) is 5.12. The van der Waals surface area contributed by atoms with Gasteiger partial charge in [0.15, 0.2) is 0 Å². The monoisotopic (exact) mass is 348 g/mol. The first kappa shape index (κ1) is 16.0. The molecule has 3 N–H and O–H groups in total. The summed E-state index contributed by atoms with van der Waals surface area (Å²) in [4.78, 5) is 0. The van der Waals surface area contributed by atoms with Crippen molar-refractivity contribution in [3.8, 4) is 0 Å². The molecule has 0 saturated carbocycles. The molecule has 0 aliphatic rings. The molecule has 0 heterocycles. The highest BCUT2D eigenvalue weighted by Gasteiger charge is 2.10. The minimum Gasteiger partial charge on any atom is -0.380 e. The van der Waals surface area contributed by atoms with Crippen LogP contribution < -0.4 is 11.1 Å². The molecular weight excluding hydrogens is 328 g/mol. The SMILES string of the molecule is COCc1ccc(C(CN)Nc2cc(C)cc(Br)c2)cc1. The molecule has 21 heavy (non-hydrogen) atoms. The third-order valence-electron chi connectivity index (χ3n) is 3.31. The Labute approximate surface area is 134 Å². The van der Waals surface area contributed by atoms with Crippen LogP contribution in [-0.2, 0) is 11.3 Å². The summed E-state index contributed by atoms with van der Waals surface area (Å²) in [5.41, 5.74) is 10.5. The lowest BCUT2D eigenvalue weighted by Crippen LogP contribution is -2.20. The van der Waals surface area contributed by atoms with Gasteiger partial charge in [0, 0.05) is 23.8 Å². The second-order valence-corrected chi connectivity index (χ2v) is 6.04. The number of hydrogen-bond donors (Lipinski definition) is 2. The van der Waals surface area contributed by atoms with Crippen LogP contribution in [0.15, 0.2) is 46.9 Å². The number of nitrogens with two attached hydrogens (primary N) is 1. The van der Waals surface area contributed by atoms with Crippen LogP contribution >= 0.6 is 15.9 Å². The van der Waals surface area contributed by atoms with E-state index in [1.165, 1.54) is 11.1 Å². The van der Waals surface area contributed by atoms with Crippen LogP contribution in [0, 0.1) is 6.92 Å². The first-order valence-corrected chi connectivity index (χ1v) is 7.73. The molecule has 0 amide bonds. The van der Waals surface area contributed by atoms with Gasteiger partial charge in [-0.05, 0) is 41.8 Å². The molecule has 2 aromatic rings. The van der Waals surface area contributed by atoms with E-state index in [1.807, 2.05) is 0 Å². The maximum atomic E-state index is 5.93. The molecule has 0 spiro atoms. The molecule has 2 rings (SSSR count). The Bertz CT molecular complexity index is 564. The highest BCUT2D eigenvalue weighted by atomic mass is 79.9. The predicted octanol–water partition coefficient (Wildman–Crippen LogP) is 4.02. The van der Waals surface area contributed by atoms with Crippen LogP contribution in [-0.4, -0.2) is 13.7 Å². The highest BCUT2D eigenvalue weighted by Crippen LogP contribution is 2.24. The first-order chi connectivity index (χ1) is 10.1. The van der Waals surface area contributed by atoms with Gasteiger partial charge >= 0.3 is 0 Å². The van der Waals surface area contributed by atoms with E-state index in [2.05, 4.69) is 70.6 Å². The summed E-state index contributed by atoms with van der Waals surface area (Å²) >= 11 is 3.52. The van der Waals surface area contributed by atoms with Gasteiger partial charge in [0.05, 0.1) is 12.6 Å². The Morgan fingerprint density at radius 3 is 2.48 bits per heavy atom. The van der Waals surface area contributed by atoms with Crippen molar-refractivity contribution in [1.82, 2.24) is 0 Å². The number of anilines is 1. The lowest BCUT2D eigenvalue weighted by molar-refractivity contribution is 0.185. The Morgan fingerprint density at radius 1 is 1.19 bits per heavy atom. The Kier molecular flexibility index (Phi) is 5.79. The van der Waals surface area contributed by atoms with E-state index in [4.69, 9.17) is 10.5 Å². The van der Waals surface area contributed by atoms with Gasteiger partial charge in [0.25, 0.3) is 0 Å². The second kappa shape index (κ2) is 7.59. The van der Waals surface area contributed by atoms with Gasteiger partial charge in [-0.25, -0.2) is 0 Å². The minimum absolute atomic E-state index is 0.0929. The average molecular weight is 349 g/mol. The van der Waals surface area contributed by atoms with Gasteiger partial charge in [-0.2, -0.15) is 0 Å². The molecule has 0 bridgehead atoms. The predicted molar refractivity (Wildman–Crippen MR) is 91.5 cm³/mol. The number of nitrogens with one attached hydrogen (secondary N) is 1. The summed E-state index contributed by atoms with van der Waals surface area (Å²) in [5.74, 6) is 0. The van der Waals surface area contributed by atoms with Gasteiger partial charge in [-0.3, -0.25) is 0 Å². The molecule has 0 aromatic heterocycles. The van der Waals surface area contributed by atoms with Crippen LogP contribution in [0.5, 0.6) is 0 Å². The Hall–Kier alpha value is -1.36. The van der Waals surface area contributed by atoms with Crippen LogP contribution in [0.4, 0.5) is 5.69 Å². The number of aryl methyl sites for hydroxylation is 1. The minimum atomic E-state index is 0.0929. The maximum Gasteiger partial charge on any atom is 0.0713 e. The highest BCUT2D eigenvalue weighted by molar-refractivity contribution is 9.10. The average Bonchev–Trinajstić information content (AvgIpc) is 2.45. The fourth-order valence-electron chi connectivity index (χ4n) is 2.31. The van der Waals surface area contributed by atoms with Crippen molar-refractivity contribution in [2.24, 2.45) is 5.73 Å². The van der Waals surface area contributed by atoms with Crippen LogP contribution in [0.1, 0.15) is 22.7 Å². The summed E-state index contributed by atoms with van der Waals surface area (Å²) in [5, 5.41) is 3.49. The zero-order valence-corrected chi connectivity index (χ0v) is 14.0. The zero-order valence-electron chi connectivity index (χ0n) is 12.4. The van der Waals surface area contributed by atoms with Crippen molar-refractivity contribution in [1.29, 1.82) is 0 Å². The van der Waals surface area contributed by atoms with Gasteiger partial charge in [0.1, 0.15) is 0 Å². The van der Waals surface area contributed by atoms with Crippen LogP contribution in [0.3, 0.4) is 0 Å². The smallest absolute Gasteiger partial charge is 0.0713 e. The van der Waals surface area contributed by atoms with Crippen molar-refractivity contribution in [3.05, 3.63) is 63.6 Å². The van der Waals surface area contributed by atoms with Gasteiger partial charge in [-0.1, -0.05) is 40.2 Å². The van der Waals surface area contributed by atoms with Crippen LogP contribution in [0.2, 0.25) is 0 Å². The Morgan fingerprint density at radius 2 is 1.90 bits per heavy atom. The van der Waals surface area contributed by atoms with E-state index in [-0.39, 0.29) is 6.04 Å². The van der Waals surface area contributed by atoms with E-state index in [1.54, 1.807) is 7.11 Å². The molecule has 3 nitrogen and oxygen atoms in total. The molecule has 1 atom stereocenters. The molecule has 0 aliphatic heterocycles. The van der Waals surface area contributed by atoms with E-state index in [0.717, 1.165) is 15.7 Å². The number of benzene rings is 2.